The van der Waals surface area contributed by atoms with Crippen LogP contribution >= 0.6 is 0 Å². The minimum atomic E-state index is -0.854. The Hall–Kier alpha value is -1.42. The summed E-state index contributed by atoms with van der Waals surface area (Å²) in [6.45, 7) is 2.07. The molecule has 1 aromatic rings. The molecule has 1 saturated carbocycles. The number of benzene rings is 1. The molecule has 1 fully saturated rings. The molecule has 0 saturated heterocycles. The molecular formula is C18H26FNO2. The van der Waals surface area contributed by atoms with E-state index in [9.17, 15) is 9.18 Å². The van der Waals surface area contributed by atoms with E-state index in [4.69, 9.17) is 4.74 Å². The lowest BCUT2D eigenvalue weighted by Crippen LogP contribution is -2.41. The number of methoxy groups -OCH3 is 1. The summed E-state index contributed by atoms with van der Waals surface area (Å²) in [4.78, 5) is 12.1. The highest BCUT2D eigenvalue weighted by Crippen LogP contribution is 2.28. The van der Waals surface area contributed by atoms with Crippen molar-refractivity contribution in [3.8, 4) is 0 Å². The summed E-state index contributed by atoms with van der Waals surface area (Å²) < 4.78 is 19.5. The predicted octanol–water partition coefficient (Wildman–Crippen LogP) is 3.77. The minimum absolute atomic E-state index is 0.0338. The van der Waals surface area contributed by atoms with Gasteiger partial charge in [0.25, 0.3) is 0 Å². The summed E-state index contributed by atoms with van der Waals surface area (Å²) in [5.41, 5.74) is -0.386. The summed E-state index contributed by atoms with van der Waals surface area (Å²) in [6, 6.07) is 6.54. The average Bonchev–Trinajstić information content (AvgIpc) is 2.54. The number of amides is 1. The SMILES string of the molecule is COC(C)(CNC(=O)CC1CCCCC1)c1ccccc1F. The topological polar surface area (TPSA) is 38.3 Å². The second-order valence-electron chi connectivity index (χ2n) is 6.40. The van der Waals surface area contributed by atoms with Crippen LogP contribution < -0.4 is 5.32 Å². The van der Waals surface area contributed by atoms with Gasteiger partial charge in [-0.3, -0.25) is 4.79 Å². The predicted molar refractivity (Wildman–Crippen MR) is 85.0 cm³/mol. The summed E-state index contributed by atoms with van der Waals surface area (Å²) >= 11 is 0. The van der Waals surface area contributed by atoms with Gasteiger partial charge in [-0.25, -0.2) is 4.39 Å². The van der Waals surface area contributed by atoms with Gasteiger partial charge in [-0.15, -0.1) is 0 Å². The van der Waals surface area contributed by atoms with E-state index in [0.29, 0.717) is 17.9 Å². The van der Waals surface area contributed by atoms with Gasteiger partial charge in [-0.2, -0.15) is 0 Å². The highest BCUT2D eigenvalue weighted by molar-refractivity contribution is 5.76. The number of hydrogen-bond acceptors (Lipinski definition) is 2. The van der Waals surface area contributed by atoms with Gasteiger partial charge in [0.1, 0.15) is 11.4 Å². The summed E-state index contributed by atoms with van der Waals surface area (Å²) in [5, 5.41) is 2.92. The Morgan fingerprint density at radius 1 is 1.32 bits per heavy atom. The quantitative estimate of drug-likeness (QED) is 0.868. The van der Waals surface area contributed by atoms with Crippen molar-refractivity contribution in [2.75, 3.05) is 13.7 Å². The van der Waals surface area contributed by atoms with Crippen LogP contribution in [0.25, 0.3) is 0 Å². The molecule has 2 rings (SSSR count). The molecule has 1 amide bonds. The lowest BCUT2D eigenvalue weighted by molar-refractivity contribution is -0.123. The molecule has 0 radical (unpaired) electrons. The van der Waals surface area contributed by atoms with Gasteiger partial charge in [-0.05, 0) is 31.7 Å². The normalized spacial score (nSPS) is 18.7. The lowest BCUT2D eigenvalue weighted by Gasteiger charge is -2.30. The third-order valence-corrected chi connectivity index (χ3v) is 4.72. The number of ether oxygens (including phenoxy) is 1. The van der Waals surface area contributed by atoms with Gasteiger partial charge in [0.15, 0.2) is 0 Å². The molecule has 0 spiro atoms. The zero-order valence-electron chi connectivity index (χ0n) is 13.5. The van der Waals surface area contributed by atoms with E-state index in [0.717, 1.165) is 12.8 Å². The number of rotatable bonds is 6. The average molecular weight is 307 g/mol. The van der Waals surface area contributed by atoms with Crippen molar-refractivity contribution >= 4 is 5.91 Å². The number of carbonyl (C=O) groups is 1. The largest absolute Gasteiger partial charge is 0.372 e. The van der Waals surface area contributed by atoms with Crippen LogP contribution in [0, 0.1) is 11.7 Å². The first kappa shape index (κ1) is 16.9. The highest BCUT2D eigenvalue weighted by Gasteiger charge is 2.30. The molecule has 122 valence electrons. The Balaban J connectivity index is 1.92. The van der Waals surface area contributed by atoms with Gasteiger partial charge in [0.05, 0.1) is 6.54 Å². The van der Waals surface area contributed by atoms with Gasteiger partial charge in [0.2, 0.25) is 5.91 Å². The van der Waals surface area contributed by atoms with Gasteiger partial charge in [0, 0.05) is 19.1 Å². The molecule has 1 aliphatic carbocycles. The summed E-state index contributed by atoms with van der Waals surface area (Å²) in [5.74, 6) is 0.218. The van der Waals surface area contributed by atoms with Crippen molar-refractivity contribution in [2.24, 2.45) is 5.92 Å². The Morgan fingerprint density at radius 3 is 2.64 bits per heavy atom. The molecule has 3 nitrogen and oxygen atoms in total. The first-order chi connectivity index (χ1) is 10.5. The minimum Gasteiger partial charge on any atom is -0.372 e. The fraction of sp³-hybridized carbons (Fsp3) is 0.611. The molecule has 22 heavy (non-hydrogen) atoms. The molecule has 0 aromatic heterocycles. The first-order valence-corrected chi connectivity index (χ1v) is 8.12. The van der Waals surface area contributed by atoms with E-state index in [1.165, 1.54) is 25.3 Å². The smallest absolute Gasteiger partial charge is 0.220 e. The Labute approximate surface area is 132 Å². The maximum Gasteiger partial charge on any atom is 0.220 e. The first-order valence-electron chi connectivity index (χ1n) is 8.12. The Morgan fingerprint density at radius 2 is 2.00 bits per heavy atom. The van der Waals surface area contributed by atoms with Gasteiger partial charge >= 0.3 is 0 Å². The van der Waals surface area contributed by atoms with E-state index >= 15 is 0 Å². The van der Waals surface area contributed by atoms with E-state index in [-0.39, 0.29) is 18.3 Å². The Kier molecular flexibility index (Phi) is 5.95. The van der Waals surface area contributed by atoms with Crippen molar-refractivity contribution < 1.29 is 13.9 Å². The maximum absolute atomic E-state index is 14.0. The second-order valence-corrected chi connectivity index (χ2v) is 6.40. The van der Waals surface area contributed by atoms with Crippen molar-refractivity contribution in [3.05, 3.63) is 35.6 Å². The van der Waals surface area contributed by atoms with Crippen LogP contribution in [0.5, 0.6) is 0 Å². The molecule has 1 atom stereocenters. The lowest BCUT2D eigenvalue weighted by atomic mass is 9.86. The van der Waals surface area contributed by atoms with Crippen LogP contribution in [0.2, 0.25) is 0 Å². The molecule has 0 aliphatic heterocycles. The zero-order chi connectivity index (χ0) is 16.0. The molecule has 1 aromatic carbocycles. The summed E-state index contributed by atoms with van der Waals surface area (Å²) in [6.07, 6.45) is 6.58. The third-order valence-electron chi connectivity index (χ3n) is 4.72. The van der Waals surface area contributed by atoms with Gasteiger partial charge < -0.3 is 10.1 Å². The third kappa shape index (κ3) is 4.29. The number of halogens is 1. The molecule has 0 bridgehead atoms. The number of hydrogen-bond donors (Lipinski definition) is 1. The monoisotopic (exact) mass is 307 g/mol. The molecular weight excluding hydrogens is 281 g/mol. The van der Waals surface area contributed by atoms with Crippen LogP contribution in [0.15, 0.2) is 24.3 Å². The standard InChI is InChI=1S/C18H26FNO2/c1-18(22-2,15-10-6-7-11-16(15)19)13-20-17(21)12-14-8-4-3-5-9-14/h6-7,10-11,14H,3-5,8-9,12-13H2,1-2H3,(H,20,21). The zero-order valence-corrected chi connectivity index (χ0v) is 13.5. The van der Waals surface area contributed by atoms with Crippen LogP contribution in [0.3, 0.4) is 0 Å². The van der Waals surface area contributed by atoms with E-state index in [2.05, 4.69) is 5.32 Å². The van der Waals surface area contributed by atoms with E-state index in [1.54, 1.807) is 32.2 Å². The van der Waals surface area contributed by atoms with Crippen LogP contribution in [-0.2, 0) is 15.1 Å². The maximum atomic E-state index is 14.0. The van der Waals surface area contributed by atoms with Crippen molar-refractivity contribution in [1.29, 1.82) is 0 Å². The fourth-order valence-corrected chi connectivity index (χ4v) is 3.16. The molecule has 1 unspecified atom stereocenters. The van der Waals surface area contributed by atoms with Crippen LogP contribution in [0.1, 0.15) is 51.0 Å². The number of carbonyl (C=O) groups excluding carboxylic acids is 1. The Bertz CT molecular complexity index is 500. The van der Waals surface area contributed by atoms with E-state index < -0.39 is 5.60 Å². The van der Waals surface area contributed by atoms with Crippen LogP contribution in [-0.4, -0.2) is 19.6 Å². The molecule has 1 N–H and O–H groups in total. The molecule has 1 aliphatic rings. The molecule has 4 heteroatoms. The molecule has 0 heterocycles. The number of nitrogens with one attached hydrogen (secondary N) is 1. The second kappa shape index (κ2) is 7.73. The van der Waals surface area contributed by atoms with Crippen LogP contribution in [0.4, 0.5) is 4.39 Å². The van der Waals surface area contributed by atoms with Gasteiger partial charge in [-0.1, -0.05) is 37.5 Å². The van der Waals surface area contributed by atoms with Crippen molar-refractivity contribution in [2.45, 2.75) is 51.0 Å². The van der Waals surface area contributed by atoms with Crippen molar-refractivity contribution in [3.63, 3.8) is 0 Å². The summed E-state index contributed by atoms with van der Waals surface area (Å²) in [7, 11) is 1.54. The van der Waals surface area contributed by atoms with Crippen molar-refractivity contribution in [1.82, 2.24) is 5.32 Å². The highest BCUT2D eigenvalue weighted by atomic mass is 19.1. The van der Waals surface area contributed by atoms with E-state index in [1.807, 2.05) is 0 Å². The fourth-order valence-electron chi connectivity index (χ4n) is 3.16.